The van der Waals surface area contributed by atoms with Crippen LogP contribution in [0.2, 0.25) is 0 Å². The number of para-hydroxylation sites is 1. The Labute approximate surface area is 123 Å². The quantitative estimate of drug-likeness (QED) is 0.755. The van der Waals surface area contributed by atoms with Crippen molar-refractivity contribution in [1.82, 2.24) is 10.2 Å². The lowest BCUT2D eigenvalue weighted by atomic mass is 10.2. The highest BCUT2D eigenvalue weighted by molar-refractivity contribution is 9.10. The van der Waals surface area contributed by atoms with Crippen molar-refractivity contribution in [3.05, 3.63) is 59.1 Å². The maximum atomic E-state index is 4.21. The third-order valence-electron chi connectivity index (χ3n) is 2.52. The summed E-state index contributed by atoms with van der Waals surface area (Å²) in [5, 5.41) is 13.3. The van der Waals surface area contributed by atoms with Gasteiger partial charge in [-0.05, 0) is 24.3 Å². The highest BCUT2D eigenvalue weighted by atomic mass is 79.9. The molecule has 0 unspecified atom stereocenters. The fourth-order valence-corrected chi connectivity index (χ4v) is 2.82. The van der Waals surface area contributed by atoms with Crippen LogP contribution in [0.5, 0.6) is 0 Å². The van der Waals surface area contributed by atoms with E-state index in [1.165, 1.54) is 11.3 Å². The molecule has 0 bridgehead atoms. The van der Waals surface area contributed by atoms with Crippen molar-refractivity contribution in [3.63, 3.8) is 0 Å². The molecule has 19 heavy (non-hydrogen) atoms. The molecule has 0 aliphatic rings. The maximum absolute atomic E-state index is 4.21. The fourth-order valence-electron chi connectivity index (χ4n) is 1.66. The first-order valence-electron chi connectivity index (χ1n) is 5.73. The number of hydrogen-bond donors (Lipinski definition) is 1. The molecule has 3 nitrogen and oxygen atoms in total. The predicted octanol–water partition coefficient (Wildman–Crippen LogP) is 4.71. The molecule has 0 aliphatic carbocycles. The van der Waals surface area contributed by atoms with Crippen LogP contribution in [-0.2, 0) is 0 Å². The molecule has 0 atom stereocenters. The zero-order valence-corrected chi connectivity index (χ0v) is 12.3. The average molecular weight is 332 g/mol. The highest BCUT2D eigenvalue weighted by Crippen LogP contribution is 2.29. The van der Waals surface area contributed by atoms with Gasteiger partial charge in [0.1, 0.15) is 5.01 Å². The van der Waals surface area contributed by atoms with E-state index in [-0.39, 0.29) is 0 Å². The summed E-state index contributed by atoms with van der Waals surface area (Å²) >= 11 is 5.00. The van der Waals surface area contributed by atoms with Gasteiger partial charge >= 0.3 is 0 Å². The summed E-state index contributed by atoms with van der Waals surface area (Å²) in [4.78, 5) is 0. The molecule has 0 fully saturated rings. The second-order valence-electron chi connectivity index (χ2n) is 3.91. The van der Waals surface area contributed by atoms with Crippen molar-refractivity contribution in [3.8, 4) is 10.6 Å². The zero-order valence-electron chi connectivity index (χ0n) is 9.88. The summed E-state index contributed by atoms with van der Waals surface area (Å²) in [6.45, 7) is 0. The second kappa shape index (κ2) is 5.50. The number of hydrogen-bond acceptors (Lipinski definition) is 4. The molecule has 1 N–H and O–H groups in total. The number of anilines is 2. The molecule has 1 heterocycles. The Hall–Kier alpha value is -1.72. The van der Waals surface area contributed by atoms with E-state index < -0.39 is 0 Å². The molecule has 0 saturated carbocycles. The van der Waals surface area contributed by atoms with Crippen LogP contribution >= 0.6 is 27.3 Å². The van der Waals surface area contributed by atoms with Crippen LogP contribution in [0.15, 0.2) is 59.1 Å². The molecule has 0 spiro atoms. The van der Waals surface area contributed by atoms with Crippen LogP contribution in [-0.4, -0.2) is 10.2 Å². The number of benzene rings is 2. The van der Waals surface area contributed by atoms with Gasteiger partial charge in [0.2, 0.25) is 5.13 Å². The van der Waals surface area contributed by atoms with Gasteiger partial charge in [0.25, 0.3) is 0 Å². The lowest BCUT2D eigenvalue weighted by Gasteiger charge is -1.99. The molecule has 0 radical (unpaired) electrons. The molecule has 0 aliphatic heterocycles. The van der Waals surface area contributed by atoms with Gasteiger partial charge in [-0.2, -0.15) is 0 Å². The van der Waals surface area contributed by atoms with E-state index in [0.717, 1.165) is 25.9 Å². The number of aromatic nitrogens is 2. The van der Waals surface area contributed by atoms with Crippen molar-refractivity contribution in [2.24, 2.45) is 0 Å². The van der Waals surface area contributed by atoms with Gasteiger partial charge in [0.15, 0.2) is 0 Å². The Morgan fingerprint density at radius 3 is 2.58 bits per heavy atom. The standard InChI is InChI=1S/C14H10BrN3S/c15-11-6-4-5-10(9-11)13-17-18-14(19-13)16-12-7-2-1-3-8-12/h1-9H,(H,16,18). The second-order valence-corrected chi connectivity index (χ2v) is 5.81. The summed E-state index contributed by atoms with van der Waals surface area (Å²) in [5.41, 5.74) is 2.08. The van der Waals surface area contributed by atoms with Crippen LogP contribution in [0.25, 0.3) is 10.6 Å². The summed E-state index contributed by atoms with van der Waals surface area (Å²) < 4.78 is 1.04. The third kappa shape index (κ3) is 3.00. The van der Waals surface area contributed by atoms with Crippen LogP contribution in [0.4, 0.5) is 10.8 Å². The summed E-state index contributed by atoms with van der Waals surface area (Å²) in [5.74, 6) is 0. The molecule has 2 aromatic carbocycles. The molecule has 3 aromatic rings. The van der Waals surface area contributed by atoms with Gasteiger partial charge in [-0.3, -0.25) is 0 Å². The first-order valence-corrected chi connectivity index (χ1v) is 7.34. The number of halogens is 1. The van der Waals surface area contributed by atoms with Gasteiger partial charge in [0.05, 0.1) is 0 Å². The van der Waals surface area contributed by atoms with E-state index in [4.69, 9.17) is 0 Å². The van der Waals surface area contributed by atoms with Crippen molar-refractivity contribution in [1.29, 1.82) is 0 Å². The summed E-state index contributed by atoms with van der Waals surface area (Å²) in [6.07, 6.45) is 0. The van der Waals surface area contributed by atoms with Crippen LogP contribution in [0.3, 0.4) is 0 Å². The smallest absolute Gasteiger partial charge is 0.210 e. The topological polar surface area (TPSA) is 37.8 Å². The number of nitrogens with one attached hydrogen (secondary N) is 1. The molecule has 3 rings (SSSR count). The molecule has 5 heteroatoms. The number of rotatable bonds is 3. The van der Waals surface area contributed by atoms with Crippen LogP contribution < -0.4 is 5.32 Å². The Morgan fingerprint density at radius 2 is 1.79 bits per heavy atom. The van der Waals surface area contributed by atoms with Crippen LogP contribution in [0, 0.1) is 0 Å². The largest absolute Gasteiger partial charge is 0.330 e. The minimum atomic E-state index is 0.793. The molecule has 1 aromatic heterocycles. The van der Waals surface area contributed by atoms with Crippen molar-refractivity contribution in [2.75, 3.05) is 5.32 Å². The third-order valence-corrected chi connectivity index (χ3v) is 3.90. The predicted molar refractivity (Wildman–Crippen MR) is 82.8 cm³/mol. The van der Waals surface area contributed by atoms with Crippen molar-refractivity contribution < 1.29 is 0 Å². The minimum Gasteiger partial charge on any atom is -0.330 e. The van der Waals surface area contributed by atoms with Gasteiger partial charge in [0, 0.05) is 15.7 Å². The lowest BCUT2D eigenvalue weighted by Crippen LogP contribution is -1.87. The van der Waals surface area contributed by atoms with Crippen molar-refractivity contribution >= 4 is 38.1 Å². The Bertz CT molecular complexity index is 682. The fraction of sp³-hybridized carbons (Fsp3) is 0. The van der Waals surface area contributed by atoms with E-state index >= 15 is 0 Å². The SMILES string of the molecule is Brc1cccc(-c2nnc(Nc3ccccc3)s2)c1. The van der Waals surface area contributed by atoms with Gasteiger partial charge in [-0.25, -0.2) is 0 Å². The first kappa shape index (κ1) is 12.3. The molecule has 94 valence electrons. The molecular formula is C14H10BrN3S. The van der Waals surface area contributed by atoms with E-state index in [1.807, 2.05) is 54.6 Å². The van der Waals surface area contributed by atoms with Crippen molar-refractivity contribution in [2.45, 2.75) is 0 Å². The minimum absolute atomic E-state index is 0.793. The Balaban J connectivity index is 1.84. The molecule has 0 saturated heterocycles. The summed E-state index contributed by atoms with van der Waals surface area (Å²) in [6, 6.07) is 18.0. The monoisotopic (exact) mass is 331 g/mol. The first-order chi connectivity index (χ1) is 9.31. The van der Waals surface area contributed by atoms with Crippen LogP contribution in [0.1, 0.15) is 0 Å². The zero-order chi connectivity index (χ0) is 13.1. The van der Waals surface area contributed by atoms with Gasteiger partial charge < -0.3 is 5.32 Å². The average Bonchev–Trinajstić information content (AvgIpc) is 2.88. The van der Waals surface area contributed by atoms with Gasteiger partial charge in [-0.15, -0.1) is 10.2 Å². The normalized spacial score (nSPS) is 10.4. The van der Waals surface area contributed by atoms with E-state index in [2.05, 4.69) is 31.4 Å². The molecule has 0 amide bonds. The Kier molecular flexibility index (Phi) is 3.57. The maximum Gasteiger partial charge on any atom is 0.210 e. The highest BCUT2D eigenvalue weighted by Gasteiger charge is 2.06. The lowest BCUT2D eigenvalue weighted by molar-refractivity contribution is 1.10. The van der Waals surface area contributed by atoms with E-state index in [0.29, 0.717) is 0 Å². The van der Waals surface area contributed by atoms with E-state index in [9.17, 15) is 0 Å². The summed E-state index contributed by atoms with van der Waals surface area (Å²) in [7, 11) is 0. The molecular weight excluding hydrogens is 322 g/mol. The number of nitrogens with zero attached hydrogens (tertiary/aromatic N) is 2. The Morgan fingerprint density at radius 1 is 0.947 bits per heavy atom. The van der Waals surface area contributed by atoms with E-state index in [1.54, 1.807) is 0 Å². The van der Waals surface area contributed by atoms with Gasteiger partial charge in [-0.1, -0.05) is 57.6 Å².